The summed E-state index contributed by atoms with van der Waals surface area (Å²) in [5.74, 6) is -0.521. The van der Waals surface area contributed by atoms with Crippen molar-refractivity contribution in [3.8, 4) is 5.00 Å². The van der Waals surface area contributed by atoms with Crippen LogP contribution in [0.3, 0.4) is 0 Å². The van der Waals surface area contributed by atoms with E-state index in [1.165, 1.54) is 17.4 Å². The van der Waals surface area contributed by atoms with E-state index in [1.54, 1.807) is 9.47 Å². The van der Waals surface area contributed by atoms with Crippen LogP contribution in [0.1, 0.15) is 24.2 Å². The second-order valence-electron chi connectivity index (χ2n) is 7.17. The van der Waals surface area contributed by atoms with Crippen LogP contribution in [-0.2, 0) is 17.6 Å². The highest BCUT2D eigenvalue weighted by molar-refractivity contribution is 7.12. The molecule has 0 aliphatic carbocycles. The third-order valence-electron chi connectivity index (χ3n) is 5.26. The van der Waals surface area contributed by atoms with Gasteiger partial charge in [-0.05, 0) is 47.9 Å². The second kappa shape index (κ2) is 8.28. The van der Waals surface area contributed by atoms with Gasteiger partial charge in [-0.25, -0.2) is 23.2 Å². The molecule has 1 saturated heterocycles. The van der Waals surface area contributed by atoms with E-state index in [1.807, 2.05) is 17.5 Å². The van der Waals surface area contributed by atoms with Gasteiger partial charge in [0.2, 0.25) is 5.91 Å². The SMILES string of the molecule is O=C(Cc1ccc(F)cc1F)N1CCC(Cc2n[nH]c(=O)n2-c2cccs2)CC1. The summed E-state index contributed by atoms with van der Waals surface area (Å²) < 4.78 is 28.4. The molecule has 29 heavy (non-hydrogen) atoms. The number of likely N-dealkylation sites (tertiary alicyclic amines) is 1. The first-order chi connectivity index (χ1) is 14.0. The van der Waals surface area contributed by atoms with E-state index in [-0.39, 0.29) is 23.6 Å². The highest BCUT2D eigenvalue weighted by atomic mass is 32.1. The smallest absolute Gasteiger partial charge is 0.342 e. The maximum absolute atomic E-state index is 13.8. The van der Waals surface area contributed by atoms with Crippen LogP contribution in [0.5, 0.6) is 0 Å². The summed E-state index contributed by atoms with van der Waals surface area (Å²) in [5.41, 5.74) is -0.0496. The molecule has 1 aromatic carbocycles. The van der Waals surface area contributed by atoms with Gasteiger partial charge >= 0.3 is 5.69 Å². The minimum absolute atomic E-state index is 0.0753. The molecule has 3 aromatic rings. The zero-order valence-electron chi connectivity index (χ0n) is 15.6. The van der Waals surface area contributed by atoms with Crippen molar-refractivity contribution >= 4 is 17.2 Å². The van der Waals surface area contributed by atoms with Crippen molar-refractivity contribution in [1.82, 2.24) is 19.7 Å². The zero-order valence-corrected chi connectivity index (χ0v) is 16.4. The van der Waals surface area contributed by atoms with Crippen LogP contribution in [0.15, 0.2) is 40.5 Å². The van der Waals surface area contributed by atoms with Crippen LogP contribution < -0.4 is 5.69 Å². The molecule has 1 amide bonds. The summed E-state index contributed by atoms with van der Waals surface area (Å²) in [6, 6.07) is 7.04. The van der Waals surface area contributed by atoms with Crippen molar-refractivity contribution in [2.24, 2.45) is 5.92 Å². The topological polar surface area (TPSA) is 71.0 Å². The van der Waals surface area contributed by atoms with Gasteiger partial charge in [-0.1, -0.05) is 6.07 Å². The fourth-order valence-corrected chi connectivity index (χ4v) is 4.42. The number of rotatable bonds is 5. The van der Waals surface area contributed by atoms with E-state index in [0.29, 0.717) is 31.3 Å². The Balaban J connectivity index is 1.35. The molecule has 152 valence electrons. The number of hydrogen-bond donors (Lipinski definition) is 1. The summed E-state index contributed by atoms with van der Waals surface area (Å²) in [4.78, 5) is 26.3. The molecule has 0 bridgehead atoms. The average Bonchev–Trinajstić information content (AvgIpc) is 3.34. The molecule has 0 spiro atoms. The average molecular weight is 418 g/mol. The van der Waals surface area contributed by atoms with Crippen LogP contribution in [0, 0.1) is 17.6 Å². The van der Waals surface area contributed by atoms with Crippen LogP contribution in [0.25, 0.3) is 5.00 Å². The van der Waals surface area contributed by atoms with Crippen molar-refractivity contribution in [1.29, 1.82) is 0 Å². The van der Waals surface area contributed by atoms with E-state index in [4.69, 9.17) is 0 Å². The third-order valence-corrected chi connectivity index (χ3v) is 6.12. The van der Waals surface area contributed by atoms with Crippen molar-refractivity contribution in [3.05, 3.63) is 69.2 Å². The predicted octanol–water partition coefficient (Wildman–Crippen LogP) is 2.92. The maximum atomic E-state index is 13.8. The highest BCUT2D eigenvalue weighted by Gasteiger charge is 2.25. The van der Waals surface area contributed by atoms with Gasteiger partial charge in [-0.15, -0.1) is 11.3 Å². The standard InChI is InChI=1S/C20H20F2N4O2S/c21-15-4-3-14(16(22)12-15)11-18(27)25-7-5-13(6-8-25)10-17-23-24-20(28)26(17)19-2-1-9-29-19/h1-4,9,12-13H,5-8,10-11H2,(H,24,28). The molecule has 2 aromatic heterocycles. The summed E-state index contributed by atoms with van der Waals surface area (Å²) in [7, 11) is 0. The van der Waals surface area contributed by atoms with E-state index in [0.717, 1.165) is 30.0 Å². The molecule has 3 heterocycles. The highest BCUT2D eigenvalue weighted by Crippen LogP contribution is 2.23. The van der Waals surface area contributed by atoms with E-state index in [9.17, 15) is 18.4 Å². The number of thiophene rings is 1. The molecule has 1 aliphatic heterocycles. The first kappa shape index (κ1) is 19.5. The number of carbonyl (C=O) groups excluding carboxylic acids is 1. The van der Waals surface area contributed by atoms with Gasteiger partial charge in [0.1, 0.15) is 22.5 Å². The molecule has 1 N–H and O–H groups in total. The lowest BCUT2D eigenvalue weighted by molar-refractivity contribution is -0.131. The number of nitrogens with zero attached hydrogens (tertiary/aromatic N) is 3. The molecule has 4 rings (SSSR count). The largest absolute Gasteiger partial charge is 0.348 e. The first-order valence-corrected chi connectivity index (χ1v) is 10.3. The Kier molecular flexibility index (Phi) is 5.57. The number of halogens is 2. The van der Waals surface area contributed by atoms with Gasteiger partial charge < -0.3 is 4.90 Å². The fourth-order valence-electron chi connectivity index (χ4n) is 3.68. The lowest BCUT2D eigenvalue weighted by atomic mass is 9.93. The molecule has 0 unspecified atom stereocenters. The Morgan fingerprint density at radius 1 is 1.24 bits per heavy atom. The molecule has 0 radical (unpaired) electrons. The van der Waals surface area contributed by atoms with Gasteiger partial charge in [-0.2, -0.15) is 5.10 Å². The van der Waals surface area contributed by atoms with Gasteiger partial charge in [0.05, 0.1) is 6.42 Å². The Hall–Kier alpha value is -2.81. The molecular formula is C20H20F2N4O2S. The lowest BCUT2D eigenvalue weighted by Crippen LogP contribution is -2.40. The Morgan fingerprint density at radius 3 is 2.72 bits per heavy atom. The monoisotopic (exact) mass is 418 g/mol. The van der Waals surface area contributed by atoms with Gasteiger partial charge in [-0.3, -0.25) is 4.79 Å². The number of benzene rings is 1. The number of amides is 1. The van der Waals surface area contributed by atoms with Crippen LogP contribution in [0.2, 0.25) is 0 Å². The summed E-state index contributed by atoms with van der Waals surface area (Å²) in [6.45, 7) is 1.14. The molecule has 6 nitrogen and oxygen atoms in total. The molecule has 1 fully saturated rings. The molecular weight excluding hydrogens is 398 g/mol. The zero-order chi connectivity index (χ0) is 20.4. The predicted molar refractivity (Wildman–Crippen MR) is 105 cm³/mol. The number of nitrogens with one attached hydrogen (secondary N) is 1. The Morgan fingerprint density at radius 2 is 2.03 bits per heavy atom. The van der Waals surface area contributed by atoms with Gasteiger partial charge in [0.25, 0.3) is 0 Å². The van der Waals surface area contributed by atoms with Crippen LogP contribution >= 0.6 is 11.3 Å². The summed E-state index contributed by atoms with van der Waals surface area (Å²) >= 11 is 1.47. The number of aromatic nitrogens is 3. The summed E-state index contributed by atoms with van der Waals surface area (Å²) in [6.07, 6.45) is 2.13. The van der Waals surface area contributed by atoms with Crippen molar-refractivity contribution in [2.45, 2.75) is 25.7 Å². The number of aromatic amines is 1. The van der Waals surface area contributed by atoms with E-state index >= 15 is 0 Å². The number of hydrogen-bond acceptors (Lipinski definition) is 4. The number of carbonyl (C=O) groups is 1. The number of piperidine rings is 1. The number of H-pyrrole nitrogens is 1. The van der Waals surface area contributed by atoms with Crippen LogP contribution in [-0.4, -0.2) is 38.7 Å². The molecule has 9 heteroatoms. The quantitative estimate of drug-likeness (QED) is 0.693. The van der Waals surface area contributed by atoms with Gasteiger partial charge in [0.15, 0.2) is 0 Å². The van der Waals surface area contributed by atoms with Crippen LogP contribution in [0.4, 0.5) is 8.78 Å². The fraction of sp³-hybridized carbons (Fsp3) is 0.350. The normalized spacial score (nSPS) is 15.0. The Bertz CT molecular complexity index is 1050. The lowest BCUT2D eigenvalue weighted by Gasteiger charge is -2.32. The molecule has 1 aliphatic rings. The Labute approximate surface area is 169 Å². The second-order valence-corrected chi connectivity index (χ2v) is 8.10. The summed E-state index contributed by atoms with van der Waals surface area (Å²) in [5, 5.41) is 9.42. The molecule has 0 atom stereocenters. The van der Waals surface area contributed by atoms with Gasteiger partial charge in [0, 0.05) is 25.6 Å². The van der Waals surface area contributed by atoms with E-state index in [2.05, 4.69) is 10.2 Å². The minimum atomic E-state index is -0.696. The molecule has 0 saturated carbocycles. The first-order valence-electron chi connectivity index (χ1n) is 9.43. The van der Waals surface area contributed by atoms with Crippen molar-refractivity contribution in [3.63, 3.8) is 0 Å². The third kappa shape index (κ3) is 4.29. The minimum Gasteiger partial charge on any atom is -0.342 e. The van der Waals surface area contributed by atoms with Crippen molar-refractivity contribution in [2.75, 3.05) is 13.1 Å². The maximum Gasteiger partial charge on any atom is 0.348 e. The van der Waals surface area contributed by atoms with E-state index < -0.39 is 11.6 Å². The van der Waals surface area contributed by atoms with Crippen molar-refractivity contribution < 1.29 is 13.6 Å².